The minimum atomic E-state index is 0.0222. The van der Waals surface area contributed by atoms with E-state index in [0.29, 0.717) is 6.54 Å². The number of para-hydroxylation sites is 1. The summed E-state index contributed by atoms with van der Waals surface area (Å²) in [6.45, 7) is 11.1. The number of carbonyl (C=O) groups excluding carboxylic acids is 1. The third-order valence-electron chi connectivity index (χ3n) is 3.15. The highest BCUT2D eigenvalue weighted by atomic mass is 16.2. The van der Waals surface area contributed by atoms with E-state index in [4.69, 9.17) is 0 Å². The smallest absolute Gasteiger partial charge is 0.238 e. The molecule has 0 saturated carbocycles. The first-order valence-corrected chi connectivity index (χ1v) is 7.37. The van der Waals surface area contributed by atoms with Crippen molar-refractivity contribution in [3.63, 3.8) is 0 Å². The Hall–Kier alpha value is -2.39. The number of nitrogens with zero attached hydrogens (tertiary/aromatic N) is 2. The van der Waals surface area contributed by atoms with Gasteiger partial charge in [0.25, 0.3) is 0 Å². The SMILES string of the molecule is C=C.CCN(Cc1ccccc1)N(C(C)=O)c1ccccc1. The van der Waals surface area contributed by atoms with Crippen molar-refractivity contribution in [1.82, 2.24) is 5.01 Å². The zero-order valence-corrected chi connectivity index (χ0v) is 13.4. The Labute approximate surface area is 133 Å². The van der Waals surface area contributed by atoms with Crippen molar-refractivity contribution in [2.24, 2.45) is 0 Å². The maximum Gasteiger partial charge on any atom is 0.238 e. The molecule has 0 bridgehead atoms. The molecule has 0 fully saturated rings. The van der Waals surface area contributed by atoms with E-state index in [1.54, 1.807) is 11.9 Å². The summed E-state index contributed by atoms with van der Waals surface area (Å²) in [6.07, 6.45) is 0. The molecule has 22 heavy (non-hydrogen) atoms. The van der Waals surface area contributed by atoms with Gasteiger partial charge in [0.15, 0.2) is 0 Å². The summed E-state index contributed by atoms with van der Waals surface area (Å²) in [7, 11) is 0. The third kappa shape index (κ3) is 4.86. The lowest BCUT2D eigenvalue weighted by atomic mass is 10.2. The standard InChI is InChI=1S/C17H20N2O.C2H4/c1-3-18(14-16-10-6-4-7-11-16)19(15(2)20)17-12-8-5-9-13-17;1-2/h4-13H,3,14H2,1-2H3;1-2H2. The number of hydrogen-bond donors (Lipinski definition) is 0. The Balaban J connectivity index is 0.00000116. The number of anilines is 1. The predicted molar refractivity (Wildman–Crippen MR) is 93.4 cm³/mol. The fourth-order valence-electron chi connectivity index (χ4n) is 2.23. The van der Waals surface area contributed by atoms with Gasteiger partial charge in [-0.1, -0.05) is 55.5 Å². The second-order valence-electron chi connectivity index (χ2n) is 4.63. The molecule has 2 rings (SSSR count). The number of hydrogen-bond acceptors (Lipinski definition) is 2. The van der Waals surface area contributed by atoms with E-state index in [0.717, 1.165) is 12.2 Å². The van der Waals surface area contributed by atoms with Crippen LogP contribution in [-0.2, 0) is 11.3 Å². The lowest BCUT2D eigenvalue weighted by molar-refractivity contribution is -0.119. The highest BCUT2D eigenvalue weighted by molar-refractivity contribution is 5.90. The van der Waals surface area contributed by atoms with E-state index < -0.39 is 0 Å². The molecule has 0 aliphatic rings. The molecule has 0 radical (unpaired) electrons. The van der Waals surface area contributed by atoms with E-state index in [9.17, 15) is 4.79 Å². The van der Waals surface area contributed by atoms with Gasteiger partial charge in [0, 0.05) is 20.0 Å². The lowest BCUT2D eigenvalue weighted by Crippen LogP contribution is -2.45. The van der Waals surface area contributed by atoms with Gasteiger partial charge in [0.1, 0.15) is 0 Å². The Morgan fingerprint density at radius 3 is 1.91 bits per heavy atom. The van der Waals surface area contributed by atoms with Crippen molar-refractivity contribution in [1.29, 1.82) is 0 Å². The van der Waals surface area contributed by atoms with E-state index in [1.165, 1.54) is 5.56 Å². The molecule has 116 valence electrons. The Kier molecular flexibility index (Phi) is 7.65. The Morgan fingerprint density at radius 2 is 1.45 bits per heavy atom. The molecule has 0 aliphatic heterocycles. The Bertz CT molecular complexity index is 554. The third-order valence-corrected chi connectivity index (χ3v) is 3.15. The van der Waals surface area contributed by atoms with E-state index in [-0.39, 0.29) is 5.91 Å². The molecule has 3 nitrogen and oxygen atoms in total. The van der Waals surface area contributed by atoms with Crippen LogP contribution in [0.15, 0.2) is 73.8 Å². The number of carbonyl (C=O) groups is 1. The van der Waals surface area contributed by atoms with Gasteiger partial charge in [-0.05, 0) is 17.7 Å². The molecule has 3 heteroatoms. The minimum Gasteiger partial charge on any atom is -0.273 e. The molecule has 0 aliphatic carbocycles. The first kappa shape index (κ1) is 17.7. The van der Waals surface area contributed by atoms with Crippen LogP contribution in [0, 0.1) is 0 Å². The van der Waals surface area contributed by atoms with Crippen LogP contribution in [0.4, 0.5) is 5.69 Å². The van der Waals surface area contributed by atoms with Crippen LogP contribution in [-0.4, -0.2) is 17.5 Å². The molecule has 0 spiro atoms. The highest BCUT2D eigenvalue weighted by Crippen LogP contribution is 2.18. The van der Waals surface area contributed by atoms with Gasteiger partial charge >= 0.3 is 0 Å². The molecule has 0 aromatic heterocycles. The molecule has 1 amide bonds. The van der Waals surface area contributed by atoms with E-state index in [1.807, 2.05) is 53.5 Å². The summed E-state index contributed by atoms with van der Waals surface area (Å²) in [6, 6.07) is 19.9. The molecule has 0 saturated heterocycles. The quantitative estimate of drug-likeness (QED) is 0.607. The van der Waals surface area contributed by atoms with Gasteiger partial charge in [0.2, 0.25) is 5.91 Å². The zero-order chi connectivity index (χ0) is 16.4. The van der Waals surface area contributed by atoms with Crippen molar-refractivity contribution < 1.29 is 4.79 Å². The van der Waals surface area contributed by atoms with Crippen LogP contribution in [0.1, 0.15) is 19.4 Å². The summed E-state index contributed by atoms with van der Waals surface area (Å²) in [5.41, 5.74) is 2.09. The van der Waals surface area contributed by atoms with Crippen LogP contribution in [0.2, 0.25) is 0 Å². The second kappa shape index (κ2) is 9.53. The lowest BCUT2D eigenvalue weighted by Gasteiger charge is -2.33. The normalized spacial score (nSPS) is 9.77. The fourth-order valence-corrected chi connectivity index (χ4v) is 2.23. The van der Waals surface area contributed by atoms with Crippen molar-refractivity contribution in [3.8, 4) is 0 Å². The Morgan fingerprint density at radius 1 is 0.955 bits per heavy atom. The summed E-state index contributed by atoms with van der Waals surface area (Å²) < 4.78 is 0. The van der Waals surface area contributed by atoms with Crippen molar-refractivity contribution in [2.45, 2.75) is 20.4 Å². The van der Waals surface area contributed by atoms with Gasteiger partial charge in [-0.15, -0.1) is 13.2 Å². The van der Waals surface area contributed by atoms with Gasteiger partial charge < -0.3 is 0 Å². The average molecular weight is 296 g/mol. The van der Waals surface area contributed by atoms with Crippen LogP contribution in [0.25, 0.3) is 0 Å². The molecule has 0 unspecified atom stereocenters. The van der Waals surface area contributed by atoms with Gasteiger partial charge in [0.05, 0.1) is 5.69 Å². The number of rotatable bonds is 5. The second-order valence-corrected chi connectivity index (χ2v) is 4.63. The van der Waals surface area contributed by atoms with Gasteiger partial charge in [-0.2, -0.15) is 0 Å². The predicted octanol–water partition coefficient (Wildman–Crippen LogP) is 4.28. The molecule has 0 atom stereocenters. The maximum atomic E-state index is 12.0. The molecular formula is C19H24N2O. The zero-order valence-electron chi connectivity index (χ0n) is 13.4. The first-order chi connectivity index (χ1) is 10.7. The largest absolute Gasteiger partial charge is 0.273 e. The summed E-state index contributed by atoms with van der Waals surface area (Å²) in [5.74, 6) is 0.0222. The number of benzene rings is 2. The molecule has 2 aromatic rings. The van der Waals surface area contributed by atoms with Crippen molar-refractivity contribution in [2.75, 3.05) is 11.6 Å². The minimum absolute atomic E-state index is 0.0222. The number of hydrazine groups is 1. The number of amides is 1. The van der Waals surface area contributed by atoms with Crippen LogP contribution < -0.4 is 5.01 Å². The summed E-state index contributed by atoms with van der Waals surface area (Å²) in [4.78, 5) is 12.0. The topological polar surface area (TPSA) is 23.6 Å². The van der Waals surface area contributed by atoms with Gasteiger partial charge in [-0.25, -0.2) is 10.0 Å². The molecular weight excluding hydrogens is 272 g/mol. The van der Waals surface area contributed by atoms with Gasteiger partial charge in [-0.3, -0.25) is 4.79 Å². The molecule has 2 aromatic carbocycles. The van der Waals surface area contributed by atoms with Crippen molar-refractivity contribution in [3.05, 3.63) is 79.4 Å². The maximum absolute atomic E-state index is 12.0. The fraction of sp³-hybridized carbons (Fsp3) is 0.211. The monoisotopic (exact) mass is 296 g/mol. The van der Waals surface area contributed by atoms with Crippen LogP contribution in [0.5, 0.6) is 0 Å². The van der Waals surface area contributed by atoms with Crippen molar-refractivity contribution >= 4 is 11.6 Å². The highest BCUT2D eigenvalue weighted by Gasteiger charge is 2.18. The molecule has 0 heterocycles. The van der Waals surface area contributed by atoms with E-state index in [2.05, 4.69) is 32.2 Å². The summed E-state index contributed by atoms with van der Waals surface area (Å²) >= 11 is 0. The average Bonchev–Trinajstić information content (AvgIpc) is 2.57. The van der Waals surface area contributed by atoms with Crippen LogP contribution >= 0.6 is 0 Å². The summed E-state index contributed by atoms with van der Waals surface area (Å²) in [5, 5.41) is 3.79. The first-order valence-electron chi connectivity index (χ1n) is 7.37. The van der Waals surface area contributed by atoms with Crippen LogP contribution in [0.3, 0.4) is 0 Å². The molecule has 0 N–H and O–H groups in total. The van der Waals surface area contributed by atoms with E-state index >= 15 is 0 Å².